The topological polar surface area (TPSA) is 106 Å². The number of phenols is 1. The first-order valence-electron chi connectivity index (χ1n) is 9.29. The molecular weight excluding hydrogens is 398 g/mol. The van der Waals surface area contributed by atoms with Crippen LogP contribution in [0.4, 0.5) is 8.78 Å². The Morgan fingerprint density at radius 3 is 2.50 bits per heavy atom. The van der Waals surface area contributed by atoms with Crippen molar-refractivity contribution >= 4 is 11.8 Å². The number of aryl methyl sites for hydroxylation is 2. The molecule has 0 aliphatic heterocycles. The Balaban J connectivity index is 1.74. The standard InChI is InChI=1S/C21H20F2N2O5/c1-2-25-10-13(16(11-25)21(28)29)9-15(27)7-8-17-18(20(22)23)19(24-30-17)12-3-5-14(26)6-4-12/h3-6,10-11,20,26H,2,7-9H2,1H3,(H,28,29). The van der Waals surface area contributed by atoms with Crippen molar-refractivity contribution in [3.63, 3.8) is 0 Å². The predicted octanol–water partition coefficient (Wildman–Crippen LogP) is 4.25. The Kier molecular flexibility index (Phi) is 6.29. The lowest BCUT2D eigenvalue weighted by atomic mass is 10.0. The minimum absolute atomic E-state index is 0.00991. The van der Waals surface area contributed by atoms with Gasteiger partial charge in [0.15, 0.2) is 0 Å². The number of carbonyl (C=O) groups excluding carboxylic acids is 1. The van der Waals surface area contributed by atoms with E-state index in [1.165, 1.54) is 30.5 Å². The van der Waals surface area contributed by atoms with Crippen molar-refractivity contribution in [3.05, 3.63) is 59.1 Å². The molecule has 0 fully saturated rings. The molecule has 0 atom stereocenters. The zero-order valence-electron chi connectivity index (χ0n) is 16.1. The van der Waals surface area contributed by atoms with Crippen LogP contribution in [0.5, 0.6) is 5.75 Å². The van der Waals surface area contributed by atoms with Gasteiger partial charge in [0.1, 0.15) is 23.0 Å². The predicted molar refractivity (Wildman–Crippen MR) is 103 cm³/mol. The fraction of sp³-hybridized carbons (Fsp3) is 0.286. The highest BCUT2D eigenvalue weighted by atomic mass is 19.3. The molecule has 0 saturated heterocycles. The average molecular weight is 418 g/mol. The number of Topliss-reactive ketones (excluding diaryl/α,β-unsaturated/α-hetero) is 1. The highest BCUT2D eigenvalue weighted by Gasteiger charge is 2.26. The number of carboxylic acids is 1. The van der Waals surface area contributed by atoms with Crippen molar-refractivity contribution in [1.82, 2.24) is 9.72 Å². The molecule has 0 unspecified atom stereocenters. The van der Waals surface area contributed by atoms with E-state index in [2.05, 4.69) is 5.16 Å². The van der Waals surface area contributed by atoms with Gasteiger partial charge in [-0.15, -0.1) is 0 Å². The molecule has 9 heteroatoms. The Labute approximate surface area is 170 Å². The van der Waals surface area contributed by atoms with Gasteiger partial charge in [-0.2, -0.15) is 0 Å². The molecule has 3 rings (SSSR count). The molecule has 0 aliphatic rings. The summed E-state index contributed by atoms with van der Waals surface area (Å²) in [6, 6.07) is 5.59. The molecular formula is C21H20F2N2O5. The third-order valence-corrected chi connectivity index (χ3v) is 4.74. The molecule has 0 bridgehead atoms. The molecule has 30 heavy (non-hydrogen) atoms. The number of alkyl halides is 2. The lowest BCUT2D eigenvalue weighted by Crippen LogP contribution is -2.08. The molecule has 2 aromatic heterocycles. The van der Waals surface area contributed by atoms with E-state index in [1.807, 2.05) is 6.92 Å². The summed E-state index contributed by atoms with van der Waals surface area (Å²) in [7, 11) is 0. The van der Waals surface area contributed by atoms with Crippen LogP contribution in [0.3, 0.4) is 0 Å². The number of aromatic carboxylic acids is 1. The summed E-state index contributed by atoms with van der Waals surface area (Å²) >= 11 is 0. The van der Waals surface area contributed by atoms with Crippen molar-refractivity contribution in [2.24, 2.45) is 0 Å². The van der Waals surface area contributed by atoms with E-state index in [-0.39, 0.29) is 47.8 Å². The number of carboxylic acid groups (broad SMARTS) is 1. The van der Waals surface area contributed by atoms with Gasteiger partial charge in [-0.05, 0) is 36.8 Å². The number of nitrogens with zero attached hydrogens (tertiary/aromatic N) is 2. The van der Waals surface area contributed by atoms with Crippen molar-refractivity contribution < 1.29 is 33.1 Å². The van der Waals surface area contributed by atoms with Gasteiger partial charge in [-0.3, -0.25) is 4.79 Å². The number of aromatic hydroxyl groups is 1. The van der Waals surface area contributed by atoms with Gasteiger partial charge in [0.2, 0.25) is 0 Å². The van der Waals surface area contributed by atoms with Crippen LogP contribution in [0, 0.1) is 0 Å². The van der Waals surface area contributed by atoms with Gasteiger partial charge in [0, 0.05) is 43.8 Å². The highest BCUT2D eigenvalue weighted by Crippen LogP contribution is 2.34. The molecule has 1 aromatic carbocycles. The molecule has 0 spiro atoms. The summed E-state index contributed by atoms with van der Waals surface area (Å²) in [6.45, 7) is 2.41. The fourth-order valence-corrected chi connectivity index (χ4v) is 3.19. The largest absolute Gasteiger partial charge is 0.508 e. The molecule has 0 amide bonds. The lowest BCUT2D eigenvalue weighted by Gasteiger charge is -2.04. The number of hydrogen-bond acceptors (Lipinski definition) is 5. The van der Waals surface area contributed by atoms with Crippen LogP contribution in [-0.4, -0.2) is 31.7 Å². The maximum atomic E-state index is 13.6. The summed E-state index contributed by atoms with van der Waals surface area (Å²) in [5.41, 5.74) is 0.354. The van der Waals surface area contributed by atoms with Crippen molar-refractivity contribution in [1.29, 1.82) is 0 Å². The first-order valence-corrected chi connectivity index (χ1v) is 9.29. The fourth-order valence-electron chi connectivity index (χ4n) is 3.19. The van der Waals surface area contributed by atoms with Crippen molar-refractivity contribution in [2.75, 3.05) is 0 Å². The number of benzene rings is 1. The molecule has 0 radical (unpaired) electrons. The second-order valence-corrected chi connectivity index (χ2v) is 6.76. The van der Waals surface area contributed by atoms with Crippen molar-refractivity contribution in [2.45, 2.75) is 39.2 Å². The number of aromatic nitrogens is 2. The van der Waals surface area contributed by atoms with E-state index in [0.717, 1.165) is 0 Å². The van der Waals surface area contributed by atoms with Crippen LogP contribution in [0.25, 0.3) is 11.3 Å². The van der Waals surface area contributed by atoms with Gasteiger partial charge in [0.25, 0.3) is 6.43 Å². The summed E-state index contributed by atoms with van der Waals surface area (Å²) in [5.74, 6) is -1.52. The first-order chi connectivity index (χ1) is 14.3. The quantitative estimate of drug-likeness (QED) is 0.538. The SMILES string of the molecule is CCn1cc(CC(=O)CCc2onc(-c3ccc(O)cc3)c2C(F)F)c(C(=O)O)c1. The van der Waals surface area contributed by atoms with Crippen LogP contribution in [0.2, 0.25) is 0 Å². The van der Waals surface area contributed by atoms with E-state index in [1.54, 1.807) is 10.8 Å². The van der Waals surface area contributed by atoms with Gasteiger partial charge >= 0.3 is 5.97 Å². The second-order valence-electron chi connectivity index (χ2n) is 6.76. The first kappa shape index (κ1) is 21.2. The summed E-state index contributed by atoms with van der Waals surface area (Å²) in [5, 5.41) is 22.4. The lowest BCUT2D eigenvalue weighted by molar-refractivity contribution is -0.118. The third kappa shape index (κ3) is 4.56. The van der Waals surface area contributed by atoms with E-state index < -0.39 is 18.0 Å². The number of rotatable bonds is 9. The minimum Gasteiger partial charge on any atom is -0.508 e. The van der Waals surface area contributed by atoms with Crippen LogP contribution < -0.4 is 0 Å². The van der Waals surface area contributed by atoms with Crippen LogP contribution in [-0.2, 0) is 24.2 Å². The average Bonchev–Trinajstić information content (AvgIpc) is 3.31. The van der Waals surface area contributed by atoms with Crippen molar-refractivity contribution in [3.8, 4) is 17.0 Å². The normalized spacial score (nSPS) is 11.2. The maximum absolute atomic E-state index is 13.6. The minimum atomic E-state index is -2.86. The summed E-state index contributed by atoms with van der Waals surface area (Å²) in [4.78, 5) is 23.7. The number of ketones is 1. The van der Waals surface area contributed by atoms with E-state index >= 15 is 0 Å². The van der Waals surface area contributed by atoms with Crippen LogP contribution in [0.15, 0.2) is 41.2 Å². The number of phenolic OH excluding ortho intramolecular Hbond substituents is 1. The highest BCUT2D eigenvalue weighted by molar-refractivity contribution is 5.92. The van der Waals surface area contributed by atoms with E-state index in [4.69, 9.17) is 4.52 Å². The molecule has 7 nitrogen and oxygen atoms in total. The smallest absolute Gasteiger partial charge is 0.337 e. The zero-order valence-corrected chi connectivity index (χ0v) is 16.1. The number of hydrogen-bond donors (Lipinski definition) is 2. The molecule has 0 aliphatic carbocycles. The third-order valence-electron chi connectivity index (χ3n) is 4.74. The molecule has 158 valence electrons. The van der Waals surface area contributed by atoms with Gasteiger partial charge in [-0.25, -0.2) is 13.6 Å². The Morgan fingerprint density at radius 2 is 1.90 bits per heavy atom. The van der Waals surface area contributed by atoms with Gasteiger partial charge < -0.3 is 19.3 Å². The monoisotopic (exact) mass is 418 g/mol. The molecule has 0 saturated carbocycles. The maximum Gasteiger partial charge on any atom is 0.337 e. The Bertz CT molecular complexity index is 1050. The van der Waals surface area contributed by atoms with Crippen LogP contribution >= 0.6 is 0 Å². The van der Waals surface area contributed by atoms with E-state index in [9.17, 15) is 28.6 Å². The number of halogens is 2. The Hall–Kier alpha value is -3.49. The molecule has 3 aromatic rings. The Morgan fingerprint density at radius 1 is 1.20 bits per heavy atom. The molecule has 2 heterocycles. The molecule has 2 N–H and O–H groups in total. The van der Waals surface area contributed by atoms with Gasteiger partial charge in [0.05, 0.1) is 11.1 Å². The summed E-state index contributed by atoms with van der Waals surface area (Å²) in [6.07, 6.45) is -0.0931. The number of carbonyl (C=O) groups is 2. The zero-order chi connectivity index (χ0) is 21.8. The van der Waals surface area contributed by atoms with E-state index in [0.29, 0.717) is 17.7 Å². The second kappa shape index (κ2) is 8.89. The summed E-state index contributed by atoms with van der Waals surface area (Å²) < 4.78 is 34.0. The van der Waals surface area contributed by atoms with Gasteiger partial charge in [-0.1, -0.05) is 5.16 Å². The van der Waals surface area contributed by atoms with Crippen LogP contribution in [0.1, 0.15) is 47.0 Å².